The van der Waals surface area contributed by atoms with Crippen LogP contribution in [0.5, 0.6) is 0 Å². The maximum atomic E-state index is 2.42. The highest BCUT2D eigenvalue weighted by molar-refractivity contribution is 6.28. The van der Waals surface area contributed by atoms with Crippen molar-refractivity contribution in [2.24, 2.45) is 0 Å². The topological polar surface area (TPSA) is 9.86 Å². The highest BCUT2D eigenvalue weighted by atomic mass is 15.0. The van der Waals surface area contributed by atoms with Gasteiger partial charge in [-0.3, -0.25) is 0 Å². The second kappa shape index (κ2) is 10.4. The molecule has 0 aliphatic carbocycles. The van der Waals surface area contributed by atoms with E-state index in [1.165, 1.54) is 82.7 Å². The number of aromatic nitrogens is 2. The van der Waals surface area contributed by atoms with Gasteiger partial charge in [-0.2, -0.15) is 0 Å². The first-order valence-corrected chi connectivity index (χ1v) is 15.9. The Hall–Kier alpha value is -5.86. The molecule has 2 heterocycles. The lowest BCUT2D eigenvalue weighted by molar-refractivity contribution is 1.17. The maximum Gasteiger partial charge on any atom is 0.0548 e. The van der Waals surface area contributed by atoms with Gasteiger partial charge in [0.15, 0.2) is 0 Å². The molecule has 0 radical (unpaired) electrons. The Morgan fingerprint density at radius 2 is 0.783 bits per heavy atom. The van der Waals surface area contributed by atoms with Crippen LogP contribution in [-0.4, -0.2) is 9.13 Å². The van der Waals surface area contributed by atoms with Gasteiger partial charge in [-0.1, -0.05) is 115 Å². The number of fused-ring (bicyclic) bond motifs is 7. The number of hydrogen-bond donors (Lipinski definition) is 0. The average molecular weight is 589 g/mol. The highest BCUT2D eigenvalue weighted by Gasteiger charge is 2.20. The summed E-state index contributed by atoms with van der Waals surface area (Å²) in [6.07, 6.45) is 0. The molecule has 0 N–H and O–H groups in total. The summed E-state index contributed by atoms with van der Waals surface area (Å²) in [7, 11) is 0. The van der Waals surface area contributed by atoms with Crippen LogP contribution in [0, 0.1) is 13.8 Å². The number of aryl methyl sites for hydroxylation is 2. The van der Waals surface area contributed by atoms with Gasteiger partial charge in [0.2, 0.25) is 0 Å². The number of para-hydroxylation sites is 2. The van der Waals surface area contributed by atoms with Gasteiger partial charge in [-0.15, -0.1) is 0 Å². The Bertz CT molecular complexity index is 2560. The molecule has 0 spiro atoms. The van der Waals surface area contributed by atoms with Gasteiger partial charge >= 0.3 is 0 Å². The standard InChI is InChI=1S/C44H32N2/c1-29-15-17-31(18-16-29)32-19-23-34(24-20-32)45-39-13-7-5-11-37(39)43-41(45)27-28-42-44(43)38-12-6-8-14-40(38)46(42)35-25-21-33(22-26-35)36-10-4-3-9-30(36)2/h3-28H,1-2H3. The second-order valence-corrected chi connectivity index (χ2v) is 12.3. The van der Waals surface area contributed by atoms with E-state index in [9.17, 15) is 0 Å². The molecule has 9 aromatic rings. The van der Waals surface area contributed by atoms with Gasteiger partial charge in [-0.05, 0) is 90.2 Å². The Morgan fingerprint density at radius 1 is 0.348 bits per heavy atom. The highest BCUT2D eigenvalue weighted by Crippen LogP contribution is 2.42. The van der Waals surface area contributed by atoms with Crippen molar-refractivity contribution in [3.63, 3.8) is 0 Å². The zero-order valence-corrected chi connectivity index (χ0v) is 25.9. The first kappa shape index (κ1) is 26.5. The van der Waals surface area contributed by atoms with E-state index >= 15 is 0 Å². The minimum absolute atomic E-state index is 1.16. The smallest absolute Gasteiger partial charge is 0.0548 e. The van der Waals surface area contributed by atoms with Crippen LogP contribution >= 0.6 is 0 Å². The molecule has 0 aliphatic heterocycles. The molecule has 0 fully saturated rings. The summed E-state index contributed by atoms with van der Waals surface area (Å²) in [5, 5.41) is 5.12. The lowest BCUT2D eigenvalue weighted by atomic mass is 10.0. The van der Waals surface area contributed by atoms with E-state index in [-0.39, 0.29) is 0 Å². The van der Waals surface area contributed by atoms with Crippen LogP contribution in [0.3, 0.4) is 0 Å². The fourth-order valence-electron chi connectivity index (χ4n) is 7.31. The van der Waals surface area contributed by atoms with Gasteiger partial charge in [0, 0.05) is 32.9 Å². The van der Waals surface area contributed by atoms with E-state index in [4.69, 9.17) is 0 Å². The molecule has 218 valence electrons. The Kier molecular flexibility index (Phi) is 5.97. The van der Waals surface area contributed by atoms with E-state index in [2.05, 4.69) is 181 Å². The molecule has 0 amide bonds. The van der Waals surface area contributed by atoms with Gasteiger partial charge < -0.3 is 9.13 Å². The summed E-state index contributed by atoms with van der Waals surface area (Å²) in [6.45, 7) is 4.31. The Morgan fingerprint density at radius 3 is 1.30 bits per heavy atom. The summed E-state index contributed by atoms with van der Waals surface area (Å²) < 4.78 is 4.85. The van der Waals surface area contributed by atoms with Crippen LogP contribution in [0.4, 0.5) is 0 Å². The van der Waals surface area contributed by atoms with Crippen LogP contribution in [0.1, 0.15) is 11.1 Å². The summed E-state index contributed by atoms with van der Waals surface area (Å²) in [5.74, 6) is 0. The number of benzene rings is 7. The lowest BCUT2D eigenvalue weighted by Gasteiger charge is -2.11. The largest absolute Gasteiger partial charge is 0.309 e. The zero-order valence-electron chi connectivity index (χ0n) is 25.9. The number of rotatable bonds is 4. The maximum absolute atomic E-state index is 2.42. The van der Waals surface area contributed by atoms with Crippen molar-refractivity contribution in [1.82, 2.24) is 9.13 Å². The van der Waals surface area contributed by atoms with Crippen molar-refractivity contribution < 1.29 is 0 Å². The van der Waals surface area contributed by atoms with Crippen LogP contribution in [0.2, 0.25) is 0 Å². The molecule has 0 aliphatic rings. The molecule has 7 aromatic carbocycles. The first-order valence-electron chi connectivity index (χ1n) is 15.9. The molecule has 0 unspecified atom stereocenters. The zero-order chi connectivity index (χ0) is 30.8. The van der Waals surface area contributed by atoms with Crippen molar-refractivity contribution in [2.75, 3.05) is 0 Å². The fourth-order valence-corrected chi connectivity index (χ4v) is 7.31. The third-order valence-corrected chi connectivity index (χ3v) is 9.56. The Balaban J connectivity index is 1.26. The van der Waals surface area contributed by atoms with Gasteiger partial charge in [0.05, 0.1) is 22.1 Å². The van der Waals surface area contributed by atoms with Crippen molar-refractivity contribution in [1.29, 1.82) is 0 Å². The van der Waals surface area contributed by atoms with E-state index in [0.717, 1.165) is 5.69 Å². The number of nitrogens with zero attached hydrogens (tertiary/aromatic N) is 2. The van der Waals surface area contributed by atoms with Crippen molar-refractivity contribution in [3.05, 3.63) is 169 Å². The van der Waals surface area contributed by atoms with E-state index in [0.29, 0.717) is 0 Å². The average Bonchev–Trinajstić information content (AvgIpc) is 3.62. The summed E-state index contributed by atoms with van der Waals surface area (Å²) in [6, 6.07) is 57.7. The molecule has 2 nitrogen and oxygen atoms in total. The summed E-state index contributed by atoms with van der Waals surface area (Å²) in [4.78, 5) is 0. The molecule has 0 saturated heterocycles. The molecule has 2 aromatic heterocycles. The SMILES string of the molecule is Cc1ccc(-c2ccc(-n3c4ccccc4c4c5c6ccccc6n(-c6ccc(-c7ccccc7C)cc6)c5ccc43)cc2)cc1. The van der Waals surface area contributed by atoms with E-state index in [1.54, 1.807) is 0 Å². The Labute approximate surface area is 268 Å². The van der Waals surface area contributed by atoms with Crippen LogP contribution < -0.4 is 0 Å². The molecule has 46 heavy (non-hydrogen) atoms. The predicted octanol–water partition coefficient (Wildman–Crippen LogP) is 11.8. The molecular weight excluding hydrogens is 556 g/mol. The van der Waals surface area contributed by atoms with Gasteiger partial charge in [-0.25, -0.2) is 0 Å². The molecule has 0 atom stereocenters. The fraction of sp³-hybridized carbons (Fsp3) is 0.0455. The summed E-state index contributed by atoms with van der Waals surface area (Å²) in [5.41, 5.74) is 14.7. The third-order valence-electron chi connectivity index (χ3n) is 9.56. The minimum Gasteiger partial charge on any atom is -0.309 e. The first-order chi connectivity index (χ1) is 22.7. The quantitative estimate of drug-likeness (QED) is 0.194. The van der Waals surface area contributed by atoms with Gasteiger partial charge in [0.25, 0.3) is 0 Å². The monoisotopic (exact) mass is 588 g/mol. The normalized spacial score (nSPS) is 11.7. The molecule has 0 bridgehead atoms. The minimum atomic E-state index is 1.16. The second-order valence-electron chi connectivity index (χ2n) is 12.3. The molecule has 2 heteroatoms. The van der Waals surface area contributed by atoms with E-state index < -0.39 is 0 Å². The summed E-state index contributed by atoms with van der Waals surface area (Å²) >= 11 is 0. The molecular formula is C44H32N2. The van der Waals surface area contributed by atoms with Gasteiger partial charge in [0.1, 0.15) is 0 Å². The molecule has 9 rings (SSSR count). The predicted molar refractivity (Wildman–Crippen MR) is 195 cm³/mol. The van der Waals surface area contributed by atoms with Crippen molar-refractivity contribution in [3.8, 4) is 33.6 Å². The van der Waals surface area contributed by atoms with E-state index in [1.807, 2.05) is 0 Å². The number of hydrogen-bond acceptors (Lipinski definition) is 0. The van der Waals surface area contributed by atoms with Crippen molar-refractivity contribution in [2.45, 2.75) is 13.8 Å². The molecule has 0 saturated carbocycles. The van der Waals surface area contributed by atoms with Crippen molar-refractivity contribution >= 4 is 43.6 Å². The van der Waals surface area contributed by atoms with Crippen LogP contribution in [0.25, 0.3) is 77.2 Å². The third kappa shape index (κ3) is 4.04. The van der Waals surface area contributed by atoms with Crippen LogP contribution in [-0.2, 0) is 0 Å². The van der Waals surface area contributed by atoms with Crippen LogP contribution in [0.15, 0.2) is 158 Å². The lowest BCUT2D eigenvalue weighted by Crippen LogP contribution is -1.95.